The van der Waals surface area contributed by atoms with Gasteiger partial charge >= 0.3 is 5.97 Å². The molecular formula is C19H26O3. The quantitative estimate of drug-likeness (QED) is 0.763. The number of ether oxygens (including phenoxy) is 1. The van der Waals surface area contributed by atoms with Gasteiger partial charge in [0.05, 0.1) is 12.2 Å². The predicted octanol–water partition coefficient (Wildman–Crippen LogP) is 4.27. The molecule has 0 bridgehead atoms. The number of benzene rings is 1. The second kappa shape index (κ2) is 6.23. The highest BCUT2D eigenvalue weighted by molar-refractivity contribution is 5.90. The van der Waals surface area contributed by atoms with Gasteiger partial charge in [0.1, 0.15) is 5.78 Å². The standard InChI is InChI=1S/C19H26O3/c1-14-10-12-19(4,18(14,2)3)16(20)11-13-22-17(21)15-8-6-5-7-9-15/h5-9,14H,10-13H2,1-4H3/t14-,19-/m1/s1. The zero-order valence-corrected chi connectivity index (χ0v) is 14.0. The summed E-state index contributed by atoms with van der Waals surface area (Å²) in [5.74, 6) is 0.383. The lowest BCUT2D eigenvalue weighted by atomic mass is 9.63. The zero-order chi connectivity index (χ0) is 16.4. The Morgan fingerprint density at radius 3 is 2.36 bits per heavy atom. The molecule has 2 atom stereocenters. The van der Waals surface area contributed by atoms with E-state index < -0.39 is 0 Å². The van der Waals surface area contributed by atoms with Crippen LogP contribution < -0.4 is 0 Å². The zero-order valence-electron chi connectivity index (χ0n) is 14.0. The van der Waals surface area contributed by atoms with Crippen LogP contribution >= 0.6 is 0 Å². The van der Waals surface area contributed by atoms with Crippen LogP contribution in [-0.4, -0.2) is 18.4 Å². The van der Waals surface area contributed by atoms with Crippen molar-refractivity contribution in [3.63, 3.8) is 0 Å². The van der Waals surface area contributed by atoms with Crippen molar-refractivity contribution in [1.29, 1.82) is 0 Å². The lowest BCUT2D eigenvalue weighted by molar-refractivity contribution is -0.134. The summed E-state index contributed by atoms with van der Waals surface area (Å²) in [6.45, 7) is 8.80. The molecule has 0 spiro atoms. The smallest absolute Gasteiger partial charge is 0.338 e. The maximum absolute atomic E-state index is 12.7. The van der Waals surface area contributed by atoms with E-state index in [4.69, 9.17) is 4.74 Å². The van der Waals surface area contributed by atoms with E-state index in [0.717, 1.165) is 12.8 Å². The van der Waals surface area contributed by atoms with Crippen LogP contribution in [0, 0.1) is 16.7 Å². The van der Waals surface area contributed by atoms with Gasteiger partial charge in [-0.3, -0.25) is 4.79 Å². The fourth-order valence-electron chi connectivity index (χ4n) is 3.40. The highest BCUT2D eigenvalue weighted by Crippen LogP contribution is 2.56. The highest BCUT2D eigenvalue weighted by Gasteiger charge is 2.53. The van der Waals surface area contributed by atoms with Gasteiger partial charge in [0.25, 0.3) is 0 Å². The van der Waals surface area contributed by atoms with Gasteiger partial charge in [0, 0.05) is 11.8 Å². The second-order valence-electron chi connectivity index (χ2n) is 7.17. The van der Waals surface area contributed by atoms with Gasteiger partial charge in [0.15, 0.2) is 0 Å². The third kappa shape index (κ3) is 2.94. The molecule has 0 unspecified atom stereocenters. The van der Waals surface area contributed by atoms with Crippen LogP contribution in [0.2, 0.25) is 0 Å². The van der Waals surface area contributed by atoms with Crippen LogP contribution in [0.4, 0.5) is 0 Å². The van der Waals surface area contributed by atoms with Crippen LogP contribution in [0.1, 0.15) is 57.3 Å². The number of esters is 1. The van der Waals surface area contributed by atoms with Crippen LogP contribution in [0.15, 0.2) is 30.3 Å². The number of carbonyl (C=O) groups is 2. The Kier molecular flexibility index (Phi) is 4.74. The molecule has 0 aliphatic heterocycles. The fraction of sp³-hybridized carbons (Fsp3) is 0.579. The van der Waals surface area contributed by atoms with Gasteiger partial charge in [-0.25, -0.2) is 4.79 Å². The van der Waals surface area contributed by atoms with Crippen LogP contribution in [-0.2, 0) is 9.53 Å². The van der Waals surface area contributed by atoms with Gasteiger partial charge in [0.2, 0.25) is 0 Å². The molecule has 0 radical (unpaired) electrons. The summed E-state index contributed by atoms with van der Waals surface area (Å²) in [7, 11) is 0. The Bertz CT molecular complexity index is 547. The Balaban J connectivity index is 1.90. The summed E-state index contributed by atoms with van der Waals surface area (Å²) in [6.07, 6.45) is 2.30. The molecule has 0 heterocycles. The minimum Gasteiger partial charge on any atom is -0.462 e. The van der Waals surface area contributed by atoms with Gasteiger partial charge in [-0.15, -0.1) is 0 Å². The normalized spacial score (nSPS) is 26.6. The van der Waals surface area contributed by atoms with Gasteiger partial charge < -0.3 is 4.74 Å². The van der Waals surface area contributed by atoms with E-state index in [1.54, 1.807) is 24.3 Å². The lowest BCUT2D eigenvalue weighted by Crippen LogP contribution is -2.40. The highest BCUT2D eigenvalue weighted by atomic mass is 16.5. The molecule has 3 nitrogen and oxygen atoms in total. The van der Waals surface area contributed by atoms with Crippen molar-refractivity contribution in [2.75, 3.05) is 6.61 Å². The summed E-state index contributed by atoms with van der Waals surface area (Å²) in [6, 6.07) is 8.88. The largest absolute Gasteiger partial charge is 0.462 e. The number of ketones is 1. The lowest BCUT2D eigenvalue weighted by Gasteiger charge is -2.39. The minimum atomic E-state index is -0.363. The maximum Gasteiger partial charge on any atom is 0.338 e. The Hall–Kier alpha value is -1.64. The molecule has 1 aromatic rings. The molecule has 0 amide bonds. The van der Waals surface area contributed by atoms with Crippen molar-refractivity contribution < 1.29 is 14.3 Å². The molecule has 1 aliphatic carbocycles. The van der Waals surface area contributed by atoms with Crippen molar-refractivity contribution in [2.24, 2.45) is 16.7 Å². The summed E-state index contributed by atoms with van der Waals surface area (Å²) in [5.41, 5.74) is 0.204. The molecular weight excluding hydrogens is 276 g/mol. The third-order valence-corrected chi connectivity index (χ3v) is 5.92. The van der Waals surface area contributed by atoms with Crippen molar-refractivity contribution in [3.8, 4) is 0 Å². The van der Waals surface area contributed by atoms with Gasteiger partial charge in [-0.1, -0.05) is 45.9 Å². The Morgan fingerprint density at radius 2 is 1.82 bits per heavy atom. The summed E-state index contributed by atoms with van der Waals surface area (Å²) in [5, 5.41) is 0. The molecule has 22 heavy (non-hydrogen) atoms. The summed E-state index contributed by atoms with van der Waals surface area (Å²) < 4.78 is 5.24. The number of rotatable bonds is 5. The number of hydrogen-bond donors (Lipinski definition) is 0. The first-order valence-corrected chi connectivity index (χ1v) is 8.04. The Morgan fingerprint density at radius 1 is 1.18 bits per heavy atom. The van der Waals surface area contributed by atoms with Crippen molar-refractivity contribution >= 4 is 11.8 Å². The van der Waals surface area contributed by atoms with E-state index in [9.17, 15) is 9.59 Å². The molecule has 1 aromatic carbocycles. The average molecular weight is 302 g/mol. The van der Waals surface area contributed by atoms with E-state index in [1.165, 1.54) is 0 Å². The van der Waals surface area contributed by atoms with E-state index in [0.29, 0.717) is 17.9 Å². The van der Waals surface area contributed by atoms with Crippen molar-refractivity contribution in [2.45, 2.75) is 47.0 Å². The van der Waals surface area contributed by atoms with Crippen molar-refractivity contribution in [3.05, 3.63) is 35.9 Å². The molecule has 0 saturated heterocycles. The van der Waals surface area contributed by atoms with E-state index in [1.807, 2.05) is 6.07 Å². The van der Waals surface area contributed by atoms with Crippen molar-refractivity contribution in [1.82, 2.24) is 0 Å². The molecule has 0 aromatic heterocycles. The number of Topliss-reactive ketones (excluding diaryl/α,β-unsaturated/α-hetero) is 1. The maximum atomic E-state index is 12.7. The SMILES string of the molecule is C[C@@H]1CC[C@](C)(C(=O)CCOC(=O)c2ccccc2)C1(C)C. The summed E-state index contributed by atoms with van der Waals surface area (Å²) in [4.78, 5) is 24.5. The second-order valence-corrected chi connectivity index (χ2v) is 7.17. The molecule has 1 fully saturated rings. The molecule has 1 saturated carbocycles. The van der Waals surface area contributed by atoms with E-state index in [-0.39, 0.29) is 29.2 Å². The molecule has 2 rings (SSSR count). The number of hydrogen-bond acceptors (Lipinski definition) is 3. The van der Waals surface area contributed by atoms with Crippen LogP contribution in [0.3, 0.4) is 0 Å². The molecule has 120 valence electrons. The van der Waals surface area contributed by atoms with Gasteiger partial charge in [-0.2, -0.15) is 0 Å². The van der Waals surface area contributed by atoms with Crippen LogP contribution in [0.5, 0.6) is 0 Å². The first-order chi connectivity index (χ1) is 10.3. The minimum absolute atomic E-state index is 0.00643. The third-order valence-electron chi connectivity index (χ3n) is 5.92. The monoisotopic (exact) mass is 302 g/mol. The topological polar surface area (TPSA) is 43.4 Å². The first-order valence-electron chi connectivity index (χ1n) is 8.04. The average Bonchev–Trinajstić information content (AvgIpc) is 2.72. The fourth-order valence-corrected chi connectivity index (χ4v) is 3.40. The predicted molar refractivity (Wildman–Crippen MR) is 86.6 cm³/mol. The first kappa shape index (κ1) is 16.7. The molecule has 0 N–H and O–H groups in total. The van der Waals surface area contributed by atoms with E-state index >= 15 is 0 Å². The summed E-state index contributed by atoms with van der Waals surface area (Å²) >= 11 is 0. The van der Waals surface area contributed by atoms with E-state index in [2.05, 4.69) is 27.7 Å². The Labute approximate surface area is 133 Å². The van der Waals surface area contributed by atoms with Crippen LogP contribution in [0.25, 0.3) is 0 Å². The number of carbonyl (C=O) groups excluding carboxylic acids is 2. The molecule has 3 heteroatoms. The van der Waals surface area contributed by atoms with Gasteiger partial charge in [-0.05, 0) is 36.3 Å². The molecule has 1 aliphatic rings.